The van der Waals surface area contributed by atoms with E-state index in [4.69, 9.17) is 4.74 Å². The Morgan fingerprint density at radius 1 is 1.29 bits per heavy atom. The van der Waals surface area contributed by atoms with Crippen molar-refractivity contribution in [2.45, 2.75) is 33.4 Å². The van der Waals surface area contributed by atoms with E-state index in [0.29, 0.717) is 18.9 Å². The standard InChI is InChI=1S/C14H18FNO/c1-3-8-17-10-16-9-11(4-2)12-6-5-7-13(15)14(12)16/h5-7,9H,3-4,8,10H2,1-2H3. The Bertz CT molecular complexity index is 504. The lowest BCUT2D eigenvalue weighted by molar-refractivity contribution is 0.0800. The maximum atomic E-state index is 13.8. The van der Waals surface area contributed by atoms with Gasteiger partial charge in [-0.25, -0.2) is 4.39 Å². The molecule has 0 bridgehead atoms. The summed E-state index contributed by atoms with van der Waals surface area (Å²) in [6.07, 6.45) is 3.87. The third-order valence-electron chi connectivity index (χ3n) is 2.89. The highest BCUT2D eigenvalue weighted by atomic mass is 19.1. The minimum atomic E-state index is -0.178. The number of ether oxygens (including phenoxy) is 1. The Balaban J connectivity index is 2.40. The minimum absolute atomic E-state index is 0.178. The fourth-order valence-electron chi connectivity index (χ4n) is 2.08. The first kappa shape index (κ1) is 12.1. The molecule has 0 unspecified atom stereocenters. The van der Waals surface area contributed by atoms with Crippen molar-refractivity contribution in [3.63, 3.8) is 0 Å². The van der Waals surface area contributed by atoms with Gasteiger partial charge in [-0.1, -0.05) is 26.0 Å². The van der Waals surface area contributed by atoms with E-state index in [1.165, 1.54) is 11.6 Å². The minimum Gasteiger partial charge on any atom is -0.361 e. The van der Waals surface area contributed by atoms with Crippen molar-refractivity contribution in [1.82, 2.24) is 4.57 Å². The van der Waals surface area contributed by atoms with Crippen LogP contribution in [0.15, 0.2) is 24.4 Å². The molecule has 0 radical (unpaired) electrons. The molecule has 0 aliphatic rings. The number of benzene rings is 1. The van der Waals surface area contributed by atoms with Crippen molar-refractivity contribution in [3.05, 3.63) is 35.8 Å². The van der Waals surface area contributed by atoms with E-state index in [1.807, 2.05) is 16.8 Å². The summed E-state index contributed by atoms with van der Waals surface area (Å²) in [6, 6.07) is 5.22. The molecule has 0 fully saturated rings. The normalized spacial score (nSPS) is 11.2. The number of hydrogen-bond donors (Lipinski definition) is 0. The van der Waals surface area contributed by atoms with Gasteiger partial charge in [0.15, 0.2) is 0 Å². The molecule has 2 rings (SSSR count). The quantitative estimate of drug-likeness (QED) is 0.720. The summed E-state index contributed by atoms with van der Waals surface area (Å²) in [7, 11) is 0. The van der Waals surface area contributed by atoms with E-state index >= 15 is 0 Å². The summed E-state index contributed by atoms with van der Waals surface area (Å²) in [5.74, 6) is -0.178. The Morgan fingerprint density at radius 3 is 2.82 bits per heavy atom. The van der Waals surface area contributed by atoms with Crippen LogP contribution >= 0.6 is 0 Å². The SMILES string of the molecule is CCCOCn1cc(CC)c2cccc(F)c21. The summed E-state index contributed by atoms with van der Waals surface area (Å²) in [4.78, 5) is 0. The highest BCUT2D eigenvalue weighted by molar-refractivity contribution is 5.84. The van der Waals surface area contributed by atoms with Crippen molar-refractivity contribution in [2.24, 2.45) is 0 Å². The lowest BCUT2D eigenvalue weighted by Crippen LogP contribution is -2.02. The summed E-state index contributed by atoms with van der Waals surface area (Å²) in [5.41, 5.74) is 1.82. The average Bonchev–Trinajstić information content (AvgIpc) is 2.69. The van der Waals surface area contributed by atoms with Crippen LogP contribution in [0, 0.1) is 5.82 Å². The molecular weight excluding hydrogens is 217 g/mol. The Labute approximate surface area is 101 Å². The van der Waals surface area contributed by atoms with Gasteiger partial charge in [-0.05, 0) is 24.5 Å². The first-order valence-electron chi connectivity index (χ1n) is 6.11. The van der Waals surface area contributed by atoms with Gasteiger partial charge in [0.1, 0.15) is 12.5 Å². The molecule has 1 heterocycles. The molecule has 1 aromatic carbocycles. The van der Waals surface area contributed by atoms with Crippen molar-refractivity contribution >= 4 is 10.9 Å². The predicted molar refractivity (Wildman–Crippen MR) is 67.5 cm³/mol. The zero-order valence-corrected chi connectivity index (χ0v) is 10.4. The number of fused-ring (bicyclic) bond motifs is 1. The number of hydrogen-bond acceptors (Lipinski definition) is 1. The van der Waals surface area contributed by atoms with E-state index in [9.17, 15) is 4.39 Å². The van der Waals surface area contributed by atoms with Crippen LogP contribution in [0.3, 0.4) is 0 Å². The Morgan fingerprint density at radius 2 is 2.12 bits per heavy atom. The number of nitrogens with zero attached hydrogens (tertiary/aromatic N) is 1. The fourth-order valence-corrected chi connectivity index (χ4v) is 2.08. The molecule has 3 heteroatoms. The number of aromatic nitrogens is 1. The lowest BCUT2D eigenvalue weighted by atomic mass is 10.1. The number of halogens is 1. The van der Waals surface area contributed by atoms with Gasteiger partial charge in [0.25, 0.3) is 0 Å². The van der Waals surface area contributed by atoms with Gasteiger partial charge in [0, 0.05) is 18.2 Å². The van der Waals surface area contributed by atoms with Crippen LogP contribution in [0.5, 0.6) is 0 Å². The van der Waals surface area contributed by atoms with Crippen LogP contribution in [0.25, 0.3) is 10.9 Å². The molecule has 0 amide bonds. The van der Waals surface area contributed by atoms with Crippen LogP contribution in [-0.4, -0.2) is 11.2 Å². The second kappa shape index (κ2) is 5.32. The predicted octanol–water partition coefficient (Wildman–Crippen LogP) is 3.73. The van der Waals surface area contributed by atoms with Crippen LogP contribution in [0.4, 0.5) is 4.39 Å². The van der Waals surface area contributed by atoms with E-state index in [1.54, 1.807) is 6.07 Å². The molecule has 0 aliphatic heterocycles. The first-order valence-corrected chi connectivity index (χ1v) is 6.11. The van der Waals surface area contributed by atoms with Gasteiger partial charge >= 0.3 is 0 Å². The molecular formula is C14H18FNO. The molecule has 2 aromatic rings. The van der Waals surface area contributed by atoms with Gasteiger partial charge in [-0.3, -0.25) is 0 Å². The van der Waals surface area contributed by atoms with Gasteiger partial charge < -0.3 is 9.30 Å². The molecule has 0 saturated carbocycles. The third-order valence-corrected chi connectivity index (χ3v) is 2.89. The van der Waals surface area contributed by atoms with Crippen molar-refractivity contribution in [2.75, 3.05) is 6.61 Å². The zero-order chi connectivity index (χ0) is 12.3. The van der Waals surface area contributed by atoms with E-state index < -0.39 is 0 Å². The van der Waals surface area contributed by atoms with Crippen LogP contribution in [-0.2, 0) is 17.9 Å². The van der Waals surface area contributed by atoms with Crippen LogP contribution in [0.1, 0.15) is 25.8 Å². The molecule has 0 atom stereocenters. The average molecular weight is 235 g/mol. The van der Waals surface area contributed by atoms with Gasteiger partial charge in [-0.2, -0.15) is 0 Å². The van der Waals surface area contributed by atoms with Crippen molar-refractivity contribution < 1.29 is 9.13 Å². The number of rotatable bonds is 5. The third kappa shape index (κ3) is 2.34. The largest absolute Gasteiger partial charge is 0.361 e. The summed E-state index contributed by atoms with van der Waals surface area (Å²) >= 11 is 0. The molecule has 0 saturated heterocycles. The summed E-state index contributed by atoms with van der Waals surface area (Å²) < 4.78 is 21.2. The first-order chi connectivity index (χ1) is 8.27. The highest BCUT2D eigenvalue weighted by Gasteiger charge is 2.10. The van der Waals surface area contributed by atoms with Crippen LogP contribution in [0.2, 0.25) is 0 Å². The molecule has 0 aliphatic carbocycles. The molecule has 17 heavy (non-hydrogen) atoms. The van der Waals surface area contributed by atoms with Gasteiger partial charge in [0.2, 0.25) is 0 Å². The number of aryl methyl sites for hydroxylation is 1. The topological polar surface area (TPSA) is 14.2 Å². The van der Waals surface area contributed by atoms with Gasteiger partial charge in [-0.15, -0.1) is 0 Å². The molecule has 0 N–H and O–H groups in total. The van der Waals surface area contributed by atoms with E-state index in [-0.39, 0.29) is 5.82 Å². The molecule has 2 nitrogen and oxygen atoms in total. The maximum Gasteiger partial charge on any atom is 0.147 e. The summed E-state index contributed by atoms with van der Waals surface area (Å²) in [5, 5.41) is 0.993. The molecule has 1 aromatic heterocycles. The Hall–Kier alpha value is -1.35. The van der Waals surface area contributed by atoms with E-state index in [0.717, 1.165) is 18.2 Å². The van der Waals surface area contributed by atoms with Crippen molar-refractivity contribution in [1.29, 1.82) is 0 Å². The van der Waals surface area contributed by atoms with Crippen molar-refractivity contribution in [3.8, 4) is 0 Å². The maximum absolute atomic E-state index is 13.8. The van der Waals surface area contributed by atoms with E-state index in [2.05, 4.69) is 13.8 Å². The molecule has 92 valence electrons. The second-order valence-electron chi connectivity index (χ2n) is 4.15. The number of para-hydroxylation sites is 1. The highest BCUT2D eigenvalue weighted by Crippen LogP contribution is 2.24. The molecule has 0 spiro atoms. The zero-order valence-electron chi connectivity index (χ0n) is 10.4. The lowest BCUT2D eigenvalue weighted by Gasteiger charge is -2.06. The fraction of sp³-hybridized carbons (Fsp3) is 0.429. The van der Waals surface area contributed by atoms with Gasteiger partial charge in [0.05, 0.1) is 5.52 Å². The monoisotopic (exact) mass is 235 g/mol. The second-order valence-corrected chi connectivity index (χ2v) is 4.15. The summed E-state index contributed by atoms with van der Waals surface area (Å²) in [6.45, 7) is 5.27. The Kier molecular flexibility index (Phi) is 3.79. The smallest absolute Gasteiger partial charge is 0.147 e. The van der Waals surface area contributed by atoms with Crippen LogP contribution < -0.4 is 0 Å².